The fourth-order valence-electron chi connectivity index (χ4n) is 1.53. The number of benzene rings is 1. The van der Waals surface area contributed by atoms with Crippen molar-refractivity contribution in [1.29, 1.82) is 0 Å². The molecule has 0 saturated carbocycles. The molecule has 0 saturated heterocycles. The van der Waals surface area contributed by atoms with Crippen LogP contribution in [0, 0.1) is 5.92 Å². The highest BCUT2D eigenvalue weighted by Crippen LogP contribution is 2.09. The summed E-state index contributed by atoms with van der Waals surface area (Å²) in [5.74, 6) is 0.661. The third-order valence-electron chi connectivity index (χ3n) is 2.20. The average molecular weight is 205 g/mol. The summed E-state index contributed by atoms with van der Waals surface area (Å²) in [7, 11) is 0. The van der Waals surface area contributed by atoms with E-state index in [2.05, 4.69) is 19.2 Å². The molecule has 15 heavy (non-hydrogen) atoms. The molecule has 0 bridgehead atoms. The molecule has 0 fully saturated rings. The van der Waals surface area contributed by atoms with Gasteiger partial charge in [0.25, 0.3) is 5.91 Å². The molecule has 1 amide bonds. The molecule has 0 atom stereocenters. The molecule has 0 aromatic heterocycles. The second-order valence-electron chi connectivity index (χ2n) is 4.15. The summed E-state index contributed by atoms with van der Waals surface area (Å²) in [5, 5.41) is 2.78. The molecule has 0 aliphatic carbocycles. The zero-order valence-corrected chi connectivity index (χ0v) is 9.71. The zero-order valence-electron chi connectivity index (χ0n) is 9.71. The van der Waals surface area contributed by atoms with Crippen LogP contribution in [0.15, 0.2) is 24.3 Å². The van der Waals surface area contributed by atoms with Crippen LogP contribution in [0.3, 0.4) is 0 Å². The van der Waals surface area contributed by atoms with Crippen LogP contribution in [0.4, 0.5) is 0 Å². The van der Waals surface area contributed by atoms with Gasteiger partial charge in [-0.2, -0.15) is 0 Å². The summed E-state index contributed by atoms with van der Waals surface area (Å²) < 4.78 is 0. The first-order valence-electron chi connectivity index (χ1n) is 5.50. The van der Waals surface area contributed by atoms with Crippen molar-refractivity contribution in [2.24, 2.45) is 5.92 Å². The van der Waals surface area contributed by atoms with Crippen LogP contribution in [0.25, 0.3) is 0 Å². The Hall–Kier alpha value is -1.31. The van der Waals surface area contributed by atoms with Crippen LogP contribution in [0.1, 0.15) is 36.7 Å². The number of hydrogen-bond acceptors (Lipinski definition) is 1. The molecule has 1 aromatic carbocycles. The molecule has 0 unspecified atom stereocenters. The molecule has 0 aliphatic heterocycles. The van der Waals surface area contributed by atoms with E-state index < -0.39 is 0 Å². The van der Waals surface area contributed by atoms with Gasteiger partial charge in [-0.25, -0.2) is 0 Å². The van der Waals surface area contributed by atoms with E-state index in [-0.39, 0.29) is 5.91 Å². The molecule has 1 aromatic rings. The summed E-state index contributed by atoms with van der Waals surface area (Å²) in [4.78, 5) is 11.5. The molecule has 82 valence electrons. The summed E-state index contributed by atoms with van der Waals surface area (Å²) in [6.07, 6.45) is 1.07. The normalized spacial score (nSPS) is 10.4. The van der Waals surface area contributed by atoms with Gasteiger partial charge < -0.3 is 5.32 Å². The van der Waals surface area contributed by atoms with Crippen molar-refractivity contribution in [2.75, 3.05) is 6.54 Å². The Morgan fingerprint density at radius 2 is 1.87 bits per heavy atom. The summed E-state index contributed by atoms with van der Waals surface area (Å²) >= 11 is 0. The van der Waals surface area contributed by atoms with E-state index in [1.807, 2.05) is 31.2 Å². The SMILES string of the molecule is CCNC(=O)c1ccc(CC(C)C)cc1. The van der Waals surface area contributed by atoms with Crippen molar-refractivity contribution in [3.63, 3.8) is 0 Å². The quantitative estimate of drug-likeness (QED) is 0.804. The Morgan fingerprint density at radius 3 is 2.33 bits per heavy atom. The molecule has 1 rings (SSSR count). The van der Waals surface area contributed by atoms with E-state index in [1.54, 1.807) is 0 Å². The first-order chi connectivity index (χ1) is 7.13. The van der Waals surface area contributed by atoms with E-state index >= 15 is 0 Å². The predicted octanol–water partition coefficient (Wildman–Crippen LogP) is 2.63. The monoisotopic (exact) mass is 205 g/mol. The number of nitrogens with one attached hydrogen (secondary N) is 1. The molecule has 1 N–H and O–H groups in total. The Balaban J connectivity index is 2.67. The van der Waals surface area contributed by atoms with Crippen molar-refractivity contribution in [3.8, 4) is 0 Å². The van der Waals surface area contributed by atoms with Crippen molar-refractivity contribution < 1.29 is 4.79 Å². The van der Waals surface area contributed by atoms with Crippen LogP contribution >= 0.6 is 0 Å². The van der Waals surface area contributed by atoms with Gasteiger partial charge in [0, 0.05) is 12.1 Å². The van der Waals surface area contributed by atoms with E-state index in [0.717, 1.165) is 12.0 Å². The highest BCUT2D eigenvalue weighted by Gasteiger charge is 2.03. The largest absolute Gasteiger partial charge is 0.352 e. The van der Waals surface area contributed by atoms with Crippen LogP contribution in [0.2, 0.25) is 0 Å². The lowest BCUT2D eigenvalue weighted by atomic mass is 10.0. The standard InChI is InChI=1S/C13H19NO/c1-4-14-13(15)12-7-5-11(6-8-12)9-10(2)3/h5-8,10H,4,9H2,1-3H3,(H,14,15). The Kier molecular flexibility index (Phi) is 4.35. The van der Waals surface area contributed by atoms with Gasteiger partial charge in [-0.05, 0) is 37.0 Å². The molecule has 0 aliphatic rings. The van der Waals surface area contributed by atoms with Crippen molar-refractivity contribution >= 4 is 5.91 Å². The molecule has 0 spiro atoms. The van der Waals surface area contributed by atoms with Crippen molar-refractivity contribution in [3.05, 3.63) is 35.4 Å². The Bertz CT molecular complexity index is 314. The maximum absolute atomic E-state index is 11.5. The molecule has 2 heteroatoms. The third kappa shape index (κ3) is 3.74. The van der Waals surface area contributed by atoms with Crippen LogP contribution in [0.5, 0.6) is 0 Å². The minimum Gasteiger partial charge on any atom is -0.352 e. The molecule has 0 radical (unpaired) electrons. The van der Waals surface area contributed by atoms with Gasteiger partial charge in [0.1, 0.15) is 0 Å². The van der Waals surface area contributed by atoms with Crippen LogP contribution < -0.4 is 5.32 Å². The number of rotatable bonds is 4. The highest BCUT2D eigenvalue weighted by atomic mass is 16.1. The lowest BCUT2D eigenvalue weighted by Gasteiger charge is -2.06. The molecule has 2 nitrogen and oxygen atoms in total. The first kappa shape index (κ1) is 11.8. The van der Waals surface area contributed by atoms with Gasteiger partial charge in [-0.15, -0.1) is 0 Å². The predicted molar refractivity (Wildman–Crippen MR) is 63.0 cm³/mol. The lowest BCUT2D eigenvalue weighted by molar-refractivity contribution is 0.0956. The summed E-state index contributed by atoms with van der Waals surface area (Å²) in [6, 6.07) is 7.85. The smallest absolute Gasteiger partial charge is 0.251 e. The van der Waals surface area contributed by atoms with E-state index in [1.165, 1.54) is 5.56 Å². The molecule has 0 heterocycles. The number of carbonyl (C=O) groups is 1. The van der Waals surface area contributed by atoms with Crippen LogP contribution in [-0.2, 0) is 6.42 Å². The number of hydrogen-bond donors (Lipinski definition) is 1. The van der Waals surface area contributed by atoms with Gasteiger partial charge in [0.2, 0.25) is 0 Å². The zero-order chi connectivity index (χ0) is 11.3. The second-order valence-corrected chi connectivity index (χ2v) is 4.15. The second kappa shape index (κ2) is 5.54. The molecular formula is C13H19NO. The summed E-state index contributed by atoms with van der Waals surface area (Å²) in [6.45, 7) is 6.98. The maximum atomic E-state index is 11.5. The number of amides is 1. The van der Waals surface area contributed by atoms with Crippen molar-refractivity contribution in [2.45, 2.75) is 27.2 Å². The minimum atomic E-state index is 0.00796. The fourth-order valence-corrected chi connectivity index (χ4v) is 1.53. The first-order valence-corrected chi connectivity index (χ1v) is 5.50. The third-order valence-corrected chi connectivity index (χ3v) is 2.20. The van der Waals surface area contributed by atoms with Gasteiger partial charge in [-0.1, -0.05) is 26.0 Å². The van der Waals surface area contributed by atoms with E-state index in [0.29, 0.717) is 12.5 Å². The van der Waals surface area contributed by atoms with Gasteiger partial charge in [0.15, 0.2) is 0 Å². The van der Waals surface area contributed by atoms with Gasteiger partial charge in [0.05, 0.1) is 0 Å². The highest BCUT2D eigenvalue weighted by molar-refractivity contribution is 5.94. The van der Waals surface area contributed by atoms with E-state index in [9.17, 15) is 4.79 Å². The fraction of sp³-hybridized carbons (Fsp3) is 0.462. The van der Waals surface area contributed by atoms with Gasteiger partial charge >= 0.3 is 0 Å². The van der Waals surface area contributed by atoms with E-state index in [4.69, 9.17) is 0 Å². The molecular weight excluding hydrogens is 186 g/mol. The lowest BCUT2D eigenvalue weighted by Crippen LogP contribution is -2.22. The minimum absolute atomic E-state index is 0.00796. The summed E-state index contributed by atoms with van der Waals surface area (Å²) in [5.41, 5.74) is 2.03. The van der Waals surface area contributed by atoms with Crippen molar-refractivity contribution in [1.82, 2.24) is 5.32 Å². The van der Waals surface area contributed by atoms with Crippen LogP contribution in [-0.4, -0.2) is 12.5 Å². The number of carbonyl (C=O) groups excluding carboxylic acids is 1. The maximum Gasteiger partial charge on any atom is 0.251 e. The Labute approximate surface area is 91.7 Å². The topological polar surface area (TPSA) is 29.1 Å². The van der Waals surface area contributed by atoms with Gasteiger partial charge in [-0.3, -0.25) is 4.79 Å². The Morgan fingerprint density at radius 1 is 1.27 bits per heavy atom. The average Bonchev–Trinajstić information content (AvgIpc) is 2.18.